The maximum absolute atomic E-state index is 11.7. The summed E-state index contributed by atoms with van der Waals surface area (Å²) in [4.78, 5) is 14.2. The molecule has 252 valence electrons. The van der Waals surface area contributed by atoms with Gasteiger partial charge in [0.2, 0.25) is 0 Å². The van der Waals surface area contributed by atoms with E-state index in [1.54, 1.807) is 0 Å². The second-order valence-corrected chi connectivity index (χ2v) is 14.7. The molecule has 2 aliphatic carbocycles. The third kappa shape index (κ3) is 7.50. The molecular formula is C40H51ClN2O4. The standard InChI is InChI=1S/C40H51ClN2O4/c1-6-45-38-22-39(35(41)21-29(38)25-42-24-28-14-15-30(44)20-28)47-37-17-16-33-32(11-7-12-34(33)37)31-10-8-13-36(27(31)3)46-19-9-18-43-26(2)23-40(43,4)5/h7-8,10-13,21-22,26,28,37,42H,6,9,14-20,23-25H2,1-5H3/t26?,28-,37+/m1/s1. The molecule has 1 unspecified atom stereocenters. The highest BCUT2D eigenvalue weighted by atomic mass is 35.5. The topological polar surface area (TPSA) is 60.0 Å². The Morgan fingerprint density at radius 3 is 2.55 bits per heavy atom. The van der Waals surface area contributed by atoms with Crippen LogP contribution in [0.4, 0.5) is 0 Å². The molecule has 0 bridgehead atoms. The van der Waals surface area contributed by atoms with Crippen molar-refractivity contribution in [2.75, 3.05) is 26.3 Å². The lowest BCUT2D eigenvalue weighted by Crippen LogP contribution is -2.61. The van der Waals surface area contributed by atoms with Crippen LogP contribution in [0.5, 0.6) is 17.2 Å². The first kappa shape index (κ1) is 33.8. The summed E-state index contributed by atoms with van der Waals surface area (Å²) >= 11 is 6.83. The Morgan fingerprint density at radius 2 is 1.81 bits per heavy atom. The van der Waals surface area contributed by atoms with Gasteiger partial charge in [-0.05, 0) is 119 Å². The van der Waals surface area contributed by atoms with E-state index in [2.05, 4.69) is 74.3 Å². The molecule has 1 aliphatic heterocycles. The number of nitrogens with zero attached hydrogens (tertiary/aromatic N) is 1. The summed E-state index contributed by atoms with van der Waals surface area (Å²) < 4.78 is 19.0. The van der Waals surface area contributed by atoms with Crippen LogP contribution in [-0.2, 0) is 17.8 Å². The van der Waals surface area contributed by atoms with E-state index in [0.29, 0.717) is 66.7 Å². The van der Waals surface area contributed by atoms with Crippen LogP contribution in [0.3, 0.4) is 0 Å². The summed E-state index contributed by atoms with van der Waals surface area (Å²) in [7, 11) is 0. The summed E-state index contributed by atoms with van der Waals surface area (Å²) in [5, 5.41) is 4.09. The van der Waals surface area contributed by atoms with Gasteiger partial charge in [0.05, 0.1) is 18.2 Å². The third-order valence-corrected chi connectivity index (χ3v) is 10.8. The molecule has 3 atom stereocenters. The van der Waals surface area contributed by atoms with Crippen LogP contribution in [0, 0.1) is 12.8 Å². The lowest BCUT2D eigenvalue weighted by Gasteiger charge is -2.54. The van der Waals surface area contributed by atoms with E-state index < -0.39 is 0 Å². The normalized spacial score (nSPS) is 21.8. The van der Waals surface area contributed by atoms with E-state index in [1.807, 2.05) is 19.1 Å². The highest BCUT2D eigenvalue weighted by Gasteiger charge is 2.41. The minimum Gasteiger partial charge on any atom is -0.493 e. The van der Waals surface area contributed by atoms with E-state index in [9.17, 15) is 4.79 Å². The SMILES string of the molecule is CCOc1cc(O[C@H]2CCc3c(-c4cccc(OCCCN5C(C)CC5(C)C)c4C)cccc32)c(Cl)cc1CNC[C@@H]1CCC(=O)C1. The van der Waals surface area contributed by atoms with Gasteiger partial charge in [-0.25, -0.2) is 0 Å². The number of carbonyl (C=O) groups is 1. The van der Waals surface area contributed by atoms with E-state index >= 15 is 0 Å². The van der Waals surface area contributed by atoms with Crippen molar-refractivity contribution in [2.45, 2.75) is 104 Å². The van der Waals surface area contributed by atoms with Crippen LogP contribution < -0.4 is 19.5 Å². The second kappa shape index (κ2) is 14.6. The molecule has 1 heterocycles. The average Bonchev–Trinajstić information content (AvgIpc) is 3.65. The first-order chi connectivity index (χ1) is 22.6. The van der Waals surface area contributed by atoms with Crippen molar-refractivity contribution >= 4 is 17.4 Å². The molecule has 6 rings (SSSR count). The van der Waals surface area contributed by atoms with E-state index in [1.165, 1.54) is 34.2 Å². The van der Waals surface area contributed by atoms with Crippen LogP contribution in [-0.4, -0.2) is 48.6 Å². The number of benzene rings is 3. The highest BCUT2D eigenvalue weighted by molar-refractivity contribution is 6.32. The lowest BCUT2D eigenvalue weighted by atomic mass is 9.82. The summed E-state index contributed by atoms with van der Waals surface area (Å²) in [5.74, 6) is 3.18. The van der Waals surface area contributed by atoms with E-state index in [-0.39, 0.29) is 6.10 Å². The van der Waals surface area contributed by atoms with Crippen molar-refractivity contribution in [3.63, 3.8) is 0 Å². The zero-order valence-electron chi connectivity index (χ0n) is 28.8. The van der Waals surface area contributed by atoms with Crippen LogP contribution in [0.2, 0.25) is 5.02 Å². The van der Waals surface area contributed by atoms with Crippen molar-refractivity contribution in [3.05, 3.63) is 75.8 Å². The predicted molar refractivity (Wildman–Crippen MR) is 190 cm³/mol. The molecule has 0 amide bonds. The molecule has 3 aromatic carbocycles. The Morgan fingerprint density at radius 1 is 1.00 bits per heavy atom. The maximum atomic E-state index is 11.7. The third-order valence-electron chi connectivity index (χ3n) is 10.5. The number of rotatable bonds is 14. The average molecular weight is 659 g/mol. The minimum atomic E-state index is -0.0892. The summed E-state index contributed by atoms with van der Waals surface area (Å²) in [6, 6.07) is 17.5. The van der Waals surface area contributed by atoms with Crippen molar-refractivity contribution in [1.29, 1.82) is 0 Å². The van der Waals surface area contributed by atoms with Crippen molar-refractivity contribution in [2.24, 2.45) is 5.92 Å². The molecule has 0 spiro atoms. The second-order valence-electron chi connectivity index (χ2n) is 14.3. The van der Waals surface area contributed by atoms with Gasteiger partial charge in [-0.15, -0.1) is 0 Å². The molecule has 3 aromatic rings. The summed E-state index contributed by atoms with van der Waals surface area (Å²) in [6.45, 7) is 14.9. The number of halogens is 1. The number of ketones is 1. The number of hydrogen-bond acceptors (Lipinski definition) is 6. The molecule has 6 nitrogen and oxygen atoms in total. The quantitative estimate of drug-likeness (QED) is 0.175. The molecule has 3 aliphatic rings. The van der Waals surface area contributed by atoms with Crippen LogP contribution in [0.25, 0.3) is 11.1 Å². The summed E-state index contributed by atoms with van der Waals surface area (Å²) in [6.07, 6.45) is 6.37. The fraction of sp³-hybridized carbons (Fsp3) is 0.525. The molecule has 0 radical (unpaired) electrons. The number of hydrogen-bond donors (Lipinski definition) is 1. The monoisotopic (exact) mass is 658 g/mol. The molecular weight excluding hydrogens is 608 g/mol. The number of carbonyl (C=O) groups excluding carboxylic acids is 1. The van der Waals surface area contributed by atoms with Gasteiger partial charge in [-0.1, -0.05) is 41.9 Å². The number of nitrogens with one attached hydrogen (secondary N) is 1. The fourth-order valence-corrected chi connectivity index (χ4v) is 8.38. The number of fused-ring (bicyclic) bond motifs is 1. The predicted octanol–water partition coefficient (Wildman–Crippen LogP) is 8.88. The molecule has 7 heteroatoms. The summed E-state index contributed by atoms with van der Waals surface area (Å²) in [5.41, 5.74) is 7.49. The van der Waals surface area contributed by atoms with Gasteiger partial charge < -0.3 is 19.5 Å². The number of ether oxygens (including phenoxy) is 3. The van der Waals surface area contributed by atoms with Crippen LogP contribution >= 0.6 is 11.6 Å². The lowest BCUT2D eigenvalue weighted by molar-refractivity contribution is -0.117. The van der Waals surface area contributed by atoms with E-state index in [0.717, 1.165) is 55.8 Å². The van der Waals surface area contributed by atoms with Crippen molar-refractivity contribution < 1.29 is 19.0 Å². The van der Waals surface area contributed by atoms with Gasteiger partial charge in [-0.3, -0.25) is 9.69 Å². The zero-order chi connectivity index (χ0) is 33.1. The molecule has 1 N–H and O–H groups in total. The zero-order valence-corrected chi connectivity index (χ0v) is 29.6. The molecule has 2 fully saturated rings. The molecule has 0 aromatic heterocycles. The number of Topliss-reactive ketones (excluding diaryl/α,β-unsaturated/α-hetero) is 1. The number of likely N-dealkylation sites (tertiary alicyclic amines) is 1. The Balaban J connectivity index is 1.13. The van der Waals surface area contributed by atoms with Crippen molar-refractivity contribution in [3.8, 4) is 28.4 Å². The largest absolute Gasteiger partial charge is 0.493 e. The van der Waals surface area contributed by atoms with Gasteiger partial charge in [0.25, 0.3) is 0 Å². The first-order valence-corrected chi connectivity index (χ1v) is 18.0. The van der Waals surface area contributed by atoms with Gasteiger partial charge >= 0.3 is 0 Å². The highest BCUT2D eigenvalue weighted by Crippen LogP contribution is 2.44. The fourth-order valence-electron chi connectivity index (χ4n) is 8.15. The smallest absolute Gasteiger partial charge is 0.142 e. The van der Waals surface area contributed by atoms with E-state index in [4.69, 9.17) is 25.8 Å². The van der Waals surface area contributed by atoms with Gasteiger partial charge in [-0.2, -0.15) is 0 Å². The first-order valence-electron chi connectivity index (χ1n) is 17.6. The van der Waals surface area contributed by atoms with Gasteiger partial charge in [0.1, 0.15) is 29.1 Å². The maximum Gasteiger partial charge on any atom is 0.142 e. The Bertz CT molecular complexity index is 1590. The van der Waals surface area contributed by atoms with Gasteiger partial charge in [0.15, 0.2) is 0 Å². The van der Waals surface area contributed by atoms with Crippen LogP contribution in [0.15, 0.2) is 48.5 Å². The Kier molecular flexibility index (Phi) is 10.5. The molecule has 1 saturated heterocycles. The molecule has 1 saturated carbocycles. The molecule has 47 heavy (non-hydrogen) atoms. The van der Waals surface area contributed by atoms with Crippen LogP contribution in [0.1, 0.15) is 94.6 Å². The minimum absolute atomic E-state index is 0.0892. The van der Waals surface area contributed by atoms with Crippen molar-refractivity contribution in [1.82, 2.24) is 10.2 Å². The Labute approximate surface area is 286 Å². The van der Waals surface area contributed by atoms with Gasteiger partial charge in [0, 0.05) is 49.1 Å². The Hall–Kier alpha value is -3.06.